The van der Waals surface area contributed by atoms with Gasteiger partial charge in [-0.1, -0.05) is 182 Å². The summed E-state index contributed by atoms with van der Waals surface area (Å²) < 4.78 is 24.8. The predicted octanol–water partition coefficient (Wildman–Crippen LogP) is 21.8. The second-order valence-corrected chi connectivity index (χ2v) is 23.0. The second-order valence-electron chi connectivity index (χ2n) is 23.0. The number of para-hydroxylation sites is 6. The van der Waals surface area contributed by atoms with Gasteiger partial charge >= 0.3 is 0 Å². The van der Waals surface area contributed by atoms with Gasteiger partial charge in [0.2, 0.25) is 0 Å². The van der Waals surface area contributed by atoms with E-state index in [1.807, 2.05) is 30.3 Å². The van der Waals surface area contributed by atoms with E-state index < -0.39 is 0 Å². The maximum atomic E-state index is 6.96. The molecule has 414 valence electrons. The van der Waals surface area contributed by atoms with Gasteiger partial charge in [0, 0.05) is 87.5 Å². The molecule has 0 unspecified atom stereocenters. The first-order valence-corrected chi connectivity index (χ1v) is 30.0. The Bertz CT molecular complexity index is 6080. The van der Waals surface area contributed by atoms with Crippen molar-refractivity contribution in [3.63, 3.8) is 0 Å². The molecule has 0 atom stereocenters. The van der Waals surface area contributed by atoms with Crippen LogP contribution in [0.1, 0.15) is 0 Å². The highest BCUT2D eigenvalue weighted by Gasteiger charge is 2.23. The van der Waals surface area contributed by atoms with Crippen LogP contribution in [0.4, 0.5) is 0 Å². The number of furan rings is 3. The number of hydrogen-bond donors (Lipinski definition) is 0. The highest BCUT2D eigenvalue weighted by Crippen LogP contribution is 2.45. The van der Waals surface area contributed by atoms with Crippen molar-refractivity contribution in [3.8, 4) is 78.9 Å². The third kappa shape index (κ3) is 7.63. The molecular formula is C81H47N5O3. The molecule has 0 bridgehead atoms. The van der Waals surface area contributed by atoms with Crippen molar-refractivity contribution in [2.24, 2.45) is 0 Å². The molecule has 8 heteroatoms. The molecule has 0 aliphatic rings. The maximum Gasteiger partial charge on any atom is 0.164 e. The van der Waals surface area contributed by atoms with Gasteiger partial charge in [0.05, 0.1) is 22.1 Å². The molecule has 0 N–H and O–H groups in total. The fraction of sp³-hybridized carbons (Fsp3) is 0. The van der Waals surface area contributed by atoms with Gasteiger partial charge in [0.25, 0.3) is 0 Å². The Morgan fingerprint density at radius 1 is 0.225 bits per heavy atom. The summed E-state index contributed by atoms with van der Waals surface area (Å²) in [6, 6.07) is 100. The molecule has 0 spiro atoms. The second kappa shape index (κ2) is 19.2. The van der Waals surface area contributed by atoms with E-state index in [1.54, 1.807) is 0 Å². The first-order valence-electron chi connectivity index (χ1n) is 30.0. The van der Waals surface area contributed by atoms with Crippen LogP contribution >= 0.6 is 0 Å². The normalized spacial score (nSPS) is 12.0. The summed E-state index contributed by atoms with van der Waals surface area (Å²) in [7, 11) is 0. The quantitative estimate of drug-likeness (QED) is 0.151. The van der Waals surface area contributed by atoms with Crippen LogP contribution in [-0.2, 0) is 0 Å². The zero-order valence-electron chi connectivity index (χ0n) is 47.6. The first-order chi connectivity index (χ1) is 44.1. The third-order valence-corrected chi connectivity index (χ3v) is 18.0. The highest BCUT2D eigenvalue weighted by atomic mass is 16.3. The molecule has 0 fully saturated rings. The molecular weight excluding hydrogens is 1090 g/mol. The van der Waals surface area contributed by atoms with Gasteiger partial charge in [-0.25, -0.2) is 15.0 Å². The maximum absolute atomic E-state index is 6.96. The third-order valence-electron chi connectivity index (χ3n) is 18.0. The van der Waals surface area contributed by atoms with E-state index in [4.69, 9.17) is 28.2 Å². The van der Waals surface area contributed by atoms with Crippen LogP contribution in [0.25, 0.3) is 188 Å². The van der Waals surface area contributed by atoms with Crippen LogP contribution in [0.15, 0.2) is 298 Å². The van der Waals surface area contributed by atoms with Crippen LogP contribution in [-0.4, -0.2) is 24.1 Å². The zero-order valence-corrected chi connectivity index (χ0v) is 47.6. The lowest BCUT2D eigenvalue weighted by Crippen LogP contribution is -2.01. The van der Waals surface area contributed by atoms with Crippen LogP contribution < -0.4 is 0 Å². The Labute approximate surface area is 508 Å². The number of benzene rings is 13. The number of rotatable bonds is 8. The zero-order chi connectivity index (χ0) is 58.3. The standard InChI is InChI=1S/C81H47N5O3/c1-2-20-54(21-3-1)85-69-33-10-6-25-60(69)65-45-51(38-41-70(65)85)57-28-14-29-63-76-56(27-15-36-74(76)89-78(57)63)50-39-42-72-66(46-50)77-64(30-16-35-73(77)87-72)81-83-79(52-18-12-17-48(43-52)49-37-40-62-61-26-7-11-34-71(61)88-75(62)47-49)82-80(84-81)53-19-13-22-55(44-53)86-67-31-8-4-23-58(67)59-24-5-9-32-68(59)86/h1-47H. The molecule has 19 aromatic rings. The summed E-state index contributed by atoms with van der Waals surface area (Å²) in [4.78, 5) is 16.3. The molecule has 89 heavy (non-hydrogen) atoms. The van der Waals surface area contributed by atoms with Gasteiger partial charge in [0.15, 0.2) is 17.5 Å². The highest BCUT2D eigenvalue weighted by molar-refractivity contribution is 6.19. The minimum absolute atomic E-state index is 0.526. The first kappa shape index (κ1) is 49.2. The van der Waals surface area contributed by atoms with Crippen molar-refractivity contribution in [1.82, 2.24) is 24.1 Å². The average Bonchev–Trinajstić information content (AvgIpc) is 1.71. The molecule has 0 saturated heterocycles. The van der Waals surface area contributed by atoms with Gasteiger partial charge in [-0.2, -0.15) is 0 Å². The average molecular weight is 1140 g/mol. The molecule has 0 radical (unpaired) electrons. The summed E-state index contributed by atoms with van der Waals surface area (Å²) in [6.07, 6.45) is 0. The van der Waals surface area contributed by atoms with Crippen LogP contribution in [0.3, 0.4) is 0 Å². The van der Waals surface area contributed by atoms with E-state index in [9.17, 15) is 0 Å². The van der Waals surface area contributed by atoms with Gasteiger partial charge in [0.1, 0.15) is 33.5 Å². The predicted molar refractivity (Wildman–Crippen MR) is 363 cm³/mol. The van der Waals surface area contributed by atoms with Crippen molar-refractivity contribution in [3.05, 3.63) is 285 Å². The molecule has 6 heterocycles. The Balaban J connectivity index is 0.763. The van der Waals surface area contributed by atoms with Gasteiger partial charge in [-0.05, 0) is 131 Å². The largest absolute Gasteiger partial charge is 0.456 e. The minimum atomic E-state index is 0.526. The molecule has 8 nitrogen and oxygen atoms in total. The van der Waals surface area contributed by atoms with Crippen molar-refractivity contribution in [2.45, 2.75) is 0 Å². The van der Waals surface area contributed by atoms with Crippen molar-refractivity contribution >= 4 is 109 Å². The van der Waals surface area contributed by atoms with Crippen LogP contribution in [0, 0.1) is 0 Å². The van der Waals surface area contributed by atoms with Crippen LogP contribution in [0.5, 0.6) is 0 Å². The SMILES string of the molecule is c1ccc(-n2c3ccccc3c3cc(-c4cccc5c4oc4cccc(-c6ccc7oc8cccc(-c9nc(-c%10cccc(-c%11ccc%12c(c%11)oc%11ccccc%11%12)c%10)nc(-c%10cccc(-n%11c%12ccccc%12c%12ccccc%12%11)c%10)n9)c8c7c6)c45)ccc32)cc1. The lowest BCUT2D eigenvalue weighted by atomic mass is 9.95. The van der Waals surface area contributed by atoms with Gasteiger partial charge < -0.3 is 22.4 Å². The smallest absolute Gasteiger partial charge is 0.164 e. The van der Waals surface area contributed by atoms with E-state index in [0.29, 0.717) is 17.5 Å². The Morgan fingerprint density at radius 2 is 0.697 bits per heavy atom. The Morgan fingerprint density at radius 3 is 1.48 bits per heavy atom. The van der Waals surface area contributed by atoms with E-state index >= 15 is 0 Å². The number of aromatic nitrogens is 5. The monoisotopic (exact) mass is 1140 g/mol. The van der Waals surface area contributed by atoms with E-state index in [-0.39, 0.29) is 0 Å². The Kier molecular flexibility index (Phi) is 10.6. The fourth-order valence-corrected chi connectivity index (χ4v) is 14.0. The number of hydrogen-bond acceptors (Lipinski definition) is 6. The molecule has 0 amide bonds. The molecule has 0 aliphatic carbocycles. The van der Waals surface area contributed by atoms with Gasteiger partial charge in [-0.3, -0.25) is 0 Å². The number of nitrogens with zero attached hydrogens (tertiary/aromatic N) is 5. The van der Waals surface area contributed by atoms with Gasteiger partial charge in [-0.15, -0.1) is 0 Å². The summed E-state index contributed by atoms with van der Waals surface area (Å²) >= 11 is 0. The molecule has 19 rings (SSSR count). The molecule has 13 aromatic carbocycles. The lowest BCUT2D eigenvalue weighted by Gasteiger charge is -2.12. The van der Waals surface area contributed by atoms with E-state index in [1.165, 1.54) is 27.1 Å². The summed E-state index contributed by atoms with van der Waals surface area (Å²) in [5.41, 5.74) is 20.3. The topological polar surface area (TPSA) is 88.0 Å². The van der Waals surface area contributed by atoms with Crippen LogP contribution in [0.2, 0.25) is 0 Å². The summed E-state index contributed by atoms with van der Waals surface area (Å²) in [5, 5.41) is 10.9. The van der Waals surface area contributed by atoms with Crippen molar-refractivity contribution in [1.29, 1.82) is 0 Å². The molecule has 0 saturated carbocycles. The summed E-state index contributed by atoms with van der Waals surface area (Å²) in [6.45, 7) is 0. The van der Waals surface area contributed by atoms with E-state index in [0.717, 1.165) is 144 Å². The fourth-order valence-electron chi connectivity index (χ4n) is 14.0. The number of fused-ring (bicyclic) bond motifs is 15. The molecule has 0 aliphatic heterocycles. The van der Waals surface area contributed by atoms with Crippen molar-refractivity contribution < 1.29 is 13.3 Å². The van der Waals surface area contributed by atoms with Crippen molar-refractivity contribution in [2.75, 3.05) is 0 Å². The molecule has 6 aromatic heterocycles. The minimum Gasteiger partial charge on any atom is -0.456 e. The summed E-state index contributed by atoms with van der Waals surface area (Å²) in [5.74, 6) is 1.61. The van der Waals surface area contributed by atoms with E-state index in [2.05, 4.69) is 264 Å². The lowest BCUT2D eigenvalue weighted by molar-refractivity contribution is 0.668. The Hall–Kier alpha value is -12.1.